The van der Waals surface area contributed by atoms with Crippen molar-refractivity contribution in [1.29, 1.82) is 0 Å². The largest absolute Gasteiger partial charge is 0.395 e. The third kappa shape index (κ3) is 4.30. The van der Waals surface area contributed by atoms with E-state index in [-0.39, 0.29) is 17.5 Å². The molecule has 2 rings (SSSR count). The highest BCUT2D eigenvalue weighted by atomic mass is 35.5. The number of halogens is 2. The first-order valence-electron chi connectivity index (χ1n) is 6.06. The molecule has 0 unspecified atom stereocenters. The number of carbonyl (C=O) groups excluding carboxylic acids is 1. The second-order valence-corrected chi connectivity index (χ2v) is 5.51. The summed E-state index contributed by atoms with van der Waals surface area (Å²) in [6.45, 7) is 0.00871. The Morgan fingerprint density at radius 3 is 2.90 bits per heavy atom. The van der Waals surface area contributed by atoms with Crippen LogP contribution in [0.4, 0.5) is 10.1 Å². The summed E-state index contributed by atoms with van der Waals surface area (Å²) in [4.78, 5) is 13.3. The molecule has 0 atom stereocenters. The Morgan fingerprint density at radius 1 is 1.38 bits per heavy atom. The van der Waals surface area contributed by atoms with Crippen molar-refractivity contribution in [3.63, 3.8) is 0 Å². The van der Waals surface area contributed by atoms with Gasteiger partial charge in [0.2, 0.25) is 0 Å². The lowest BCUT2D eigenvalue weighted by molar-refractivity contribution is 0.103. The van der Waals surface area contributed by atoms with Gasteiger partial charge in [-0.15, -0.1) is 11.3 Å². The van der Waals surface area contributed by atoms with E-state index in [0.717, 1.165) is 10.9 Å². The van der Waals surface area contributed by atoms with E-state index in [1.54, 1.807) is 12.1 Å². The zero-order chi connectivity index (χ0) is 15.2. The summed E-state index contributed by atoms with van der Waals surface area (Å²) in [6, 6.07) is 7.15. The van der Waals surface area contributed by atoms with Gasteiger partial charge in [-0.2, -0.15) is 0 Å². The van der Waals surface area contributed by atoms with Crippen molar-refractivity contribution in [1.82, 2.24) is 0 Å². The molecule has 1 aromatic heterocycles. The molecule has 0 radical (unpaired) electrons. The SMILES string of the molecule is O=C(Nc1ccc(F)cc1Cl)c1ccc(C#CCCO)s1. The van der Waals surface area contributed by atoms with Gasteiger partial charge in [0.1, 0.15) is 5.82 Å². The monoisotopic (exact) mass is 323 g/mol. The Bertz CT molecular complexity index is 718. The Kier molecular flexibility index (Phi) is 5.34. The number of aliphatic hydroxyl groups is 1. The van der Waals surface area contributed by atoms with Gasteiger partial charge in [-0.05, 0) is 30.3 Å². The van der Waals surface area contributed by atoms with Crippen LogP contribution in [-0.4, -0.2) is 17.6 Å². The summed E-state index contributed by atoms with van der Waals surface area (Å²) < 4.78 is 12.9. The number of carbonyl (C=O) groups is 1. The van der Waals surface area contributed by atoms with Crippen molar-refractivity contribution < 1.29 is 14.3 Å². The van der Waals surface area contributed by atoms with Crippen LogP contribution in [0.1, 0.15) is 21.0 Å². The maximum atomic E-state index is 12.9. The molecule has 0 bridgehead atoms. The van der Waals surface area contributed by atoms with Gasteiger partial charge in [0.15, 0.2) is 0 Å². The molecule has 0 aliphatic rings. The molecular weight excluding hydrogens is 313 g/mol. The van der Waals surface area contributed by atoms with E-state index < -0.39 is 5.82 Å². The van der Waals surface area contributed by atoms with E-state index in [1.165, 1.54) is 23.5 Å². The quantitative estimate of drug-likeness (QED) is 0.849. The molecule has 0 spiro atoms. The molecule has 1 amide bonds. The van der Waals surface area contributed by atoms with Gasteiger partial charge in [0.05, 0.1) is 27.1 Å². The number of hydrogen-bond acceptors (Lipinski definition) is 3. The smallest absolute Gasteiger partial charge is 0.265 e. The highest BCUT2D eigenvalue weighted by molar-refractivity contribution is 7.14. The molecule has 21 heavy (non-hydrogen) atoms. The van der Waals surface area contributed by atoms with Crippen molar-refractivity contribution >= 4 is 34.5 Å². The fraction of sp³-hybridized carbons (Fsp3) is 0.133. The molecule has 1 heterocycles. The van der Waals surface area contributed by atoms with Gasteiger partial charge in [-0.25, -0.2) is 4.39 Å². The summed E-state index contributed by atoms with van der Waals surface area (Å²) >= 11 is 7.09. The molecule has 0 saturated carbocycles. The number of aliphatic hydroxyl groups excluding tert-OH is 1. The van der Waals surface area contributed by atoms with E-state index in [4.69, 9.17) is 16.7 Å². The minimum absolute atomic E-state index is 0.00871. The van der Waals surface area contributed by atoms with Gasteiger partial charge in [0, 0.05) is 6.42 Å². The highest BCUT2D eigenvalue weighted by Crippen LogP contribution is 2.24. The number of benzene rings is 1. The van der Waals surface area contributed by atoms with Crippen LogP contribution in [0, 0.1) is 17.7 Å². The minimum atomic E-state index is -0.462. The summed E-state index contributed by atoms with van der Waals surface area (Å²) in [5.41, 5.74) is 0.351. The van der Waals surface area contributed by atoms with Crippen LogP contribution in [0.3, 0.4) is 0 Å². The average molecular weight is 324 g/mol. The molecule has 3 nitrogen and oxygen atoms in total. The zero-order valence-corrected chi connectivity index (χ0v) is 12.4. The van der Waals surface area contributed by atoms with Gasteiger partial charge >= 0.3 is 0 Å². The normalized spacial score (nSPS) is 9.86. The fourth-order valence-corrected chi connectivity index (χ4v) is 2.50. The van der Waals surface area contributed by atoms with Crippen LogP contribution in [-0.2, 0) is 0 Å². The van der Waals surface area contributed by atoms with Crippen molar-refractivity contribution in [2.75, 3.05) is 11.9 Å². The first kappa shape index (κ1) is 15.5. The number of thiophene rings is 1. The number of rotatable bonds is 3. The Hall–Kier alpha value is -1.87. The predicted molar refractivity (Wildman–Crippen MR) is 82.3 cm³/mol. The van der Waals surface area contributed by atoms with Crippen molar-refractivity contribution in [2.24, 2.45) is 0 Å². The molecular formula is C15H11ClFNO2S. The van der Waals surface area contributed by atoms with Crippen molar-refractivity contribution in [2.45, 2.75) is 6.42 Å². The van der Waals surface area contributed by atoms with Gasteiger partial charge in [0.25, 0.3) is 5.91 Å². The predicted octanol–water partition coefficient (Wildman–Crippen LogP) is 3.53. The second kappa shape index (κ2) is 7.23. The van der Waals surface area contributed by atoms with Crippen LogP contribution in [0.5, 0.6) is 0 Å². The average Bonchev–Trinajstić information content (AvgIpc) is 2.91. The fourth-order valence-electron chi connectivity index (χ4n) is 1.51. The molecule has 0 aliphatic carbocycles. The second-order valence-electron chi connectivity index (χ2n) is 4.02. The van der Waals surface area contributed by atoms with Crippen molar-refractivity contribution in [3.05, 3.63) is 50.9 Å². The zero-order valence-electron chi connectivity index (χ0n) is 10.8. The van der Waals surface area contributed by atoms with Crippen LogP contribution < -0.4 is 5.32 Å². The summed E-state index contributed by atoms with van der Waals surface area (Å²) in [6.07, 6.45) is 0.393. The van der Waals surface area contributed by atoms with Gasteiger partial charge in [-0.1, -0.05) is 23.4 Å². The molecule has 0 saturated heterocycles. The van der Waals surface area contributed by atoms with Crippen LogP contribution in [0.2, 0.25) is 5.02 Å². The number of anilines is 1. The Balaban J connectivity index is 2.09. The summed E-state index contributed by atoms with van der Waals surface area (Å²) in [5.74, 6) is 4.85. The van der Waals surface area contributed by atoms with Gasteiger partial charge in [-0.3, -0.25) is 4.79 Å². The van der Waals surface area contributed by atoms with Crippen LogP contribution in [0.15, 0.2) is 30.3 Å². The van der Waals surface area contributed by atoms with Gasteiger partial charge < -0.3 is 10.4 Å². The third-order valence-corrected chi connectivity index (χ3v) is 3.77. The van der Waals surface area contributed by atoms with E-state index >= 15 is 0 Å². The standard InChI is InChI=1S/C15H11ClFNO2S/c16-12-9-10(17)4-6-13(12)18-15(20)14-7-5-11(21-14)3-1-2-8-19/h4-7,9,19H,2,8H2,(H,18,20). The molecule has 0 fully saturated rings. The van der Waals surface area contributed by atoms with E-state index in [9.17, 15) is 9.18 Å². The van der Waals surface area contributed by atoms with Crippen molar-refractivity contribution in [3.8, 4) is 11.8 Å². The number of amides is 1. The van der Waals surface area contributed by atoms with Crippen LogP contribution >= 0.6 is 22.9 Å². The molecule has 2 aromatic rings. The molecule has 2 N–H and O–H groups in total. The maximum Gasteiger partial charge on any atom is 0.265 e. The molecule has 108 valence electrons. The molecule has 1 aromatic carbocycles. The Morgan fingerprint density at radius 2 is 2.19 bits per heavy atom. The third-order valence-electron chi connectivity index (χ3n) is 2.46. The molecule has 6 heteroatoms. The topological polar surface area (TPSA) is 49.3 Å². The van der Waals surface area contributed by atoms with E-state index in [0.29, 0.717) is 17.0 Å². The molecule has 0 aliphatic heterocycles. The lowest BCUT2D eigenvalue weighted by Crippen LogP contribution is -2.10. The van der Waals surface area contributed by atoms with E-state index in [1.807, 2.05) is 0 Å². The van der Waals surface area contributed by atoms with E-state index in [2.05, 4.69) is 17.2 Å². The summed E-state index contributed by atoms with van der Waals surface area (Å²) in [7, 11) is 0. The number of nitrogens with one attached hydrogen (secondary N) is 1. The first-order valence-corrected chi connectivity index (χ1v) is 7.25. The lowest BCUT2D eigenvalue weighted by atomic mass is 10.3. The Labute approximate surface area is 130 Å². The van der Waals surface area contributed by atoms with Crippen LogP contribution in [0.25, 0.3) is 0 Å². The highest BCUT2D eigenvalue weighted by Gasteiger charge is 2.11. The summed E-state index contributed by atoms with van der Waals surface area (Å²) in [5, 5.41) is 11.4. The number of hydrogen-bond donors (Lipinski definition) is 2. The first-order chi connectivity index (χ1) is 10.1. The lowest BCUT2D eigenvalue weighted by Gasteiger charge is -2.05. The maximum absolute atomic E-state index is 12.9. The minimum Gasteiger partial charge on any atom is -0.395 e.